The van der Waals surface area contributed by atoms with Crippen LogP contribution in [0.2, 0.25) is 0 Å². The van der Waals surface area contributed by atoms with Crippen molar-refractivity contribution >= 4 is 17.7 Å². The lowest BCUT2D eigenvalue weighted by Gasteiger charge is -2.17. The Morgan fingerprint density at radius 2 is 1.53 bits per heavy atom. The van der Waals surface area contributed by atoms with E-state index in [1.54, 1.807) is 12.2 Å². The zero-order valence-corrected chi connectivity index (χ0v) is 28.5. The van der Waals surface area contributed by atoms with Crippen molar-refractivity contribution in [2.45, 2.75) is 161 Å². The van der Waals surface area contributed by atoms with E-state index < -0.39 is 36.8 Å². The van der Waals surface area contributed by atoms with Crippen LogP contribution in [0.1, 0.15) is 143 Å². The third-order valence-electron chi connectivity index (χ3n) is 8.55. The average Bonchev–Trinajstić information content (AvgIpc) is 3.27. The third-order valence-corrected chi connectivity index (χ3v) is 8.55. The first kappa shape index (κ1) is 41.0. The van der Waals surface area contributed by atoms with Crippen LogP contribution in [0.15, 0.2) is 24.3 Å². The zero-order valence-electron chi connectivity index (χ0n) is 28.5. The van der Waals surface area contributed by atoms with Crippen molar-refractivity contribution in [1.82, 2.24) is 0 Å². The predicted molar refractivity (Wildman–Crippen MR) is 178 cm³/mol. The van der Waals surface area contributed by atoms with Gasteiger partial charge in [-0.15, -0.1) is 0 Å². The number of aliphatic hydroxyl groups is 3. The molecule has 0 saturated heterocycles. The predicted octanol–water partition coefficient (Wildman–Crippen LogP) is 7.17. The van der Waals surface area contributed by atoms with Gasteiger partial charge in [-0.05, 0) is 38.0 Å². The van der Waals surface area contributed by atoms with Crippen molar-refractivity contribution in [3.05, 3.63) is 24.3 Å². The molecule has 0 aromatic carbocycles. The van der Waals surface area contributed by atoms with Gasteiger partial charge in [-0.2, -0.15) is 0 Å². The molecule has 8 nitrogen and oxygen atoms in total. The number of ketones is 1. The Bertz CT molecular complexity index is 851. The van der Waals surface area contributed by atoms with Gasteiger partial charge in [0.15, 0.2) is 6.10 Å². The molecule has 1 fully saturated rings. The van der Waals surface area contributed by atoms with E-state index in [1.165, 1.54) is 38.5 Å². The van der Waals surface area contributed by atoms with Crippen LogP contribution in [0.25, 0.3) is 0 Å². The van der Waals surface area contributed by atoms with Gasteiger partial charge in [-0.3, -0.25) is 14.4 Å². The number of hydrogen-bond donors (Lipinski definition) is 3. The highest BCUT2D eigenvalue weighted by molar-refractivity contribution is 5.86. The Kier molecular flexibility index (Phi) is 23.8. The molecule has 45 heavy (non-hydrogen) atoms. The van der Waals surface area contributed by atoms with Crippen LogP contribution >= 0.6 is 0 Å². The normalized spacial score (nSPS) is 20.0. The maximum Gasteiger partial charge on any atom is 0.306 e. The number of aliphatic hydroxyl groups excluding tert-OH is 3. The van der Waals surface area contributed by atoms with E-state index in [1.807, 2.05) is 12.2 Å². The van der Waals surface area contributed by atoms with E-state index in [-0.39, 0.29) is 37.1 Å². The summed E-state index contributed by atoms with van der Waals surface area (Å²) in [5, 5.41) is 30.1. The molecule has 1 aliphatic carbocycles. The summed E-state index contributed by atoms with van der Waals surface area (Å²) in [5.41, 5.74) is 0. The number of Topliss-reactive ketones (excluding diaryl/α,β-unsaturated/α-hetero) is 1. The highest BCUT2D eigenvalue weighted by Crippen LogP contribution is 2.33. The van der Waals surface area contributed by atoms with Crippen molar-refractivity contribution < 1.29 is 39.2 Å². The molecule has 0 radical (unpaired) electrons. The number of unbranched alkanes of at least 4 members (excludes halogenated alkanes) is 10. The first-order valence-electron chi connectivity index (χ1n) is 17.9. The van der Waals surface area contributed by atoms with Gasteiger partial charge in [0.05, 0.1) is 18.8 Å². The summed E-state index contributed by atoms with van der Waals surface area (Å²) in [6, 6.07) is 0. The molecular formula is C37H64O8. The Hall–Kier alpha value is -2.03. The number of hydrogen-bond acceptors (Lipinski definition) is 8. The van der Waals surface area contributed by atoms with Crippen LogP contribution in [0.3, 0.4) is 0 Å². The SMILES string of the molecule is CCCCC[C@H](O)/C=C/[C@H]1C(=O)C[C@H](O)[C@@H]1C/C=C\CCCC(=O)O[C@@H](CO)COC(=O)CCCCCCCCCCC(C)C. The molecule has 260 valence electrons. The van der Waals surface area contributed by atoms with Gasteiger partial charge in [-0.25, -0.2) is 0 Å². The molecule has 0 bridgehead atoms. The van der Waals surface area contributed by atoms with Gasteiger partial charge in [-0.1, -0.05) is 116 Å². The second-order valence-corrected chi connectivity index (χ2v) is 13.2. The molecule has 0 heterocycles. The minimum atomic E-state index is -0.871. The molecule has 1 aliphatic rings. The Morgan fingerprint density at radius 3 is 2.20 bits per heavy atom. The lowest BCUT2D eigenvalue weighted by atomic mass is 9.90. The van der Waals surface area contributed by atoms with Gasteiger partial charge >= 0.3 is 11.9 Å². The van der Waals surface area contributed by atoms with Crippen LogP contribution < -0.4 is 0 Å². The van der Waals surface area contributed by atoms with Gasteiger partial charge < -0.3 is 24.8 Å². The average molecular weight is 637 g/mol. The quantitative estimate of drug-likeness (QED) is 0.0492. The Labute approximate surface area is 273 Å². The molecule has 1 saturated carbocycles. The molecule has 0 aliphatic heterocycles. The second kappa shape index (κ2) is 26.1. The fourth-order valence-electron chi connectivity index (χ4n) is 5.72. The van der Waals surface area contributed by atoms with Crippen molar-refractivity contribution in [3.8, 4) is 0 Å². The van der Waals surface area contributed by atoms with Gasteiger partial charge in [0, 0.05) is 31.1 Å². The first-order chi connectivity index (χ1) is 21.7. The maximum atomic E-state index is 12.4. The van der Waals surface area contributed by atoms with E-state index >= 15 is 0 Å². The highest BCUT2D eigenvalue weighted by atomic mass is 16.6. The minimum Gasteiger partial charge on any atom is -0.462 e. The summed E-state index contributed by atoms with van der Waals surface area (Å²) in [6.07, 6.45) is 21.8. The van der Waals surface area contributed by atoms with Gasteiger partial charge in [0.25, 0.3) is 0 Å². The summed E-state index contributed by atoms with van der Waals surface area (Å²) < 4.78 is 10.5. The van der Waals surface area contributed by atoms with E-state index in [4.69, 9.17) is 9.47 Å². The van der Waals surface area contributed by atoms with Crippen LogP contribution in [-0.2, 0) is 23.9 Å². The maximum absolute atomic E-state index is 12.4. The summed E-state index contributed by atoms with van der Waals surface area (Å²) in [6.45, 7) is 6.08. The standard InChI is InChI=1S/C37H64O8/c1-4-5-14-20-30(39)24-25-33-32(34(40)26-35(33)41)21-16-12-13-18-23-37(43)45-31(27-38)28-44-36(42)22-17-11-9-7-6-8-10-15-19-29(2)3/h12,16,24-25,29-34,38-40H,4-11,13-15,17-23,26-28H2,1-3H3/b16-12-,25-24+/t30-,31-,32+,33+,34-/m0/s1. The molecule has 5 atom stereocenters. The molecule has 0 amide bonds. The van der Waals surface area contributed by atoms with Crippen LogP contribution in [-0.4, -0.2) is 64.6 Å². The zero-order chi connectivity index (χ0) is 33.3. The Balaban J connectivity index is 2.19. The van der Waals surface area contributed by atoms with Crippen molar-refractivity contribution in [1.29, 1.82) is 0 Å². The number of carbonyl (C=O) groups excluding carboxylic acids is 3. The topological polar surface area (TPSA) is 130 Å². The third kappa shape index (κ3) is 20.7. The minimum absolute atomic E-state index is 0.00153. The highest BCUT2D eigenvalue weighted by Gasteiger charge is 2.39. The molecule has 8 heteroatoms. The van der Waals surface area contributed by atoms with Crippen LogP contribution in [0.5, 0.6) is 0 Å². The monoisotopic (exact) mass is 636 g/mol. The molecule has 3 N–H and O–H groups in total. The summed E-state index contributed by atoms with van der Waals surface area (Å²) in [5.74, 6) is -0.629. The number of allylic oxidation sites excluding steroid dienone is 3. The van der Waals surface area contributed by atoms with E-state index in [2.05, 4.69) is 20.8 Å². The number of ether oxygens (including phenoxy) is 2. The van der Waals surface area contributed by atoms with Crippen LogP contribution in [0, 0.1) is 17.8 Å². The van der Waals surface area contributed by atoms with E-state index in [0.717, 1.165) is 44.4 Å². The molecular weight excluding hydrogens is 572 g/mol. The molecule has 0 spiro atoms. The largest absolute Gasteiger partial charge is 0.462 e. The van der Waals surface area contributed by atoms with Crippen LogP contribution in [0.4, 0.5) is 0 Å². The van der Waals surface area contributed by atoms with Crippen molar-refractivity contribution in [2.75, 3.05) is 13.2 Å². The van der Waals surface area contributed by atoms with Crippen molar-refractivity contribution in [2.24, 2.45) is 17.8 Å². The van der Waals surface area contributed by atoms with E-state index in [9.17, 15) is 29.7 Å². The smallest absolute Gasteiger partial charge is 0.306 e. The lowest BCUT2D eigenvalue weighted by Crippen LogP contribution is -2.28. The Morgan fingerprint density at radius 1 is 0.889 bits per heavy atom. The fourth-order valence-corrected chi connectivity index (χ4v) is 5.72. The summed E-state index contributed by atoms with van der Waals surface area (Å²) in [7, 11) is 0. The fraction of sp³-hybridized carbons (Fsp3) is 0.811. The van der Waals surface area contributed by atoms with Gasteiger partial charge in [0.1, 0.15) is 12.4 Å². The molecule has 0 unspecified atom stereocenters. The lowest BCUT2D eigenvalue weighted by molar-refractivity contribution is -0.161. The number of rotatable bonds is 27. The van der Waals surface area contributed by atoms with E-state index in [0.29, 0.717) is 32.1 Å². The van der Waals surface area contributed by atoms with Gasteiger partial charge in [0.2, 0.25) is 0 Å². The first-order valence-corrected chi connectivity index (χ1v) is 17.9. The second-order valence-electron chi connectivity index (χ2n) is 13.2. The summed E-state index contributed by atoms with van der Waals surface area (Å²) in [4.78, 5) is 36.7. The number of esters is 2. The van der Waals surface area contributed by atoms with Crippen molar-refractivity contribution in [3.63, 3.8) is 0 Å². The molecule has 0 aromatic heterocycles. The summed E-state index contributed by atoms with van der Waals surface area (Å²) >= 11 is 0. The number of carbonyl (C=O) groups is 3. The molecule has 0 aromatic rings. The molecule has 1 rings (SSSR count).